The summed E-state index contributed by atoms with van der Waals surface area (Å²) in [4.78, 5) is 11.8. The van der Waals surface area contributed by atoms with Crippen LogP contribution in [0.25, 0.3) is 0 Å². The molecule has 2 amide bonds. The van der Waals surface area contributed by atoms with Crippen molar-refractivity contribution in [3.8, 4) is 0 Å². The van der Waals surface area contributed by atoms with E-state index in [1.165, 1.54) is 5.56 Å². The van der Waals surface area contributed by atoms with E-state index in [4.69, 9.17) is 9.47 Å². The molecular formula is C15H25N3O3. The minimum Gasteiger partial charge on any atom is -0.382 e. The molecule has 0 bridgehead atoms. The molecule has 0 spiro atoms. The van der Waals surface area contributed by atoms with Crippen LogP contribution in [0.4, 0.5) is 10.5 Å². The Labute approximate surface area is 126 Å². The Morgan fingerprint density at radius 1 is 1.24 bits per heavy atom. The summed E-state index contributed by atoms with van der Waals surface area (Å²) >= 11 is 0. The van der Waals surface area contributed by atoms with Crippen LogP contribution in [0.15, 0.2) is 24.3 Å². The number of carbonyl (C=O) groups is 1. The highest BCUT2D eigenvalue weighted by Gasteiger charge is 2.09. The van der Waals surface area contributed by atoms with Gasteiger partial charge in [-0.15, -0.1) is 0 Å². The van der Waals surface area contributed by atoms with Crippen molar-refractivity contribution < 1.29 is 14.3 Å². The van der Waals surface area contributed by atoms with Crippen LogP contribution < -0.4 is 16.0 Å². The lowest BCUT2D eigenvalue weighted by Gasteiger charge is -2.15. The molecule has 2 unspecified atom stereocenters. The maximum absolute atomic E-state index is 11.8. The van der Waals surface area contributed by atoms with E-state index in [1.807, 2.05) is 31.3 Å². The van der Waals surface area contributed by atoms with Crippen molar-refractivity contribution in [2.24, 2.45) is 0 Å². The summed E-state index contributed by atoms with van der Waals surface area (Å²) in [6, 6.07) is 7.75. The molecule has 2 atom stereocenters. The minimum atomic E-state index is -0.262. The van der Waals surface area contributed by atoms with Gasteiger partial charge in [-0.25, -0.2) is 4.79 Å². The Kier molecular flexibility index (Phi) is 7.74. The summed E-state index contributed by atoms with van der Waals surface area (Å²) in [6.07, 6.45) is -0.153. The molecule has 0 aliphatic rings. The average Bonchev–Trinajstić information content (AvgIpc) is 2.51. The third-order valence-electron chi connectivity index (χ3n) is 3.28. The highest BCUT2D eigenvalue weighted by Crippen LogP contribution is 2.15. The van der Waals surface area contributed by atoms with E-state index < -0.39 is 0 Å². The number of benzene rings is 1. The van der Waals surface area contributed by atoms with E-state index in [-0.39, 0.29) is 18.2 Å². The molecule has 6 nitrogen and oxygen atoms in total. The number of carbonyl (C=O) groups excluding carboxylic acids is 1. The van der Waals surface area contributed by atoms with Crippen molar-refractivity contribution in [1.82, 2.24) is 10.6 Å². The molecule has 0 radical (unpaired) electrons. The number of nitrogens with one attached hydrogen (secondary N) is 3. The monoisotopic (exact) mass is 295 g/mol. The second-order valence-electron chi connectivity index (χ2n) is 4.78. The number of amides is 2. The Morgan fingerprint density at radius 2 is 1.90 bits per heavy atom. The van der Waals surface area contributed by atoms with Gasteiger partial charge in [0.1, 0.15) is 0 Å². The van der Waals surface area contributed by atoms with Crippen molar-refractivity contribution in [2.75, 3.05) is 39.7 Å². The smallest absolute Gasteiger partial charge is 0.319 e. The van der Waals surface area contributed by atoms with Gasteiger partial charge in [-0.3, -0.25) is 0 Å². The van der Waals surface area contributed by atoms with Crippen LogP contribution in [0.5, 0.6) is 0 Å². The predicted octanol–water partition coefficient (Wildman–Crippen LogP) is 1.75. The molecule has 1 rings (SSSR count). The summed E-state index contributed by atoms with van der Waals surface area (Å²) in [5.41, 5.74) is 1.92. The maximum atomic E-state index is 11.8. The first kappa shape index (κ1) is 17.4. The van der Waals surface area contributed by atoms with Gasteiger partial charge in [0.05, 0.1) is 12.7 Å². The summed E-state index contributed by atoms with van der Waals surface area (Å²) in [5.74, 6) is 0. The molecule has 6 heteroatoms. The number of hydrogen-bond acceptors (Lipinski definition) is 4. The lowest BCUT2D eigenvalue weighted by atomic mass is 10.1. The molecule has 1 aromatic carbocycles. The normalized spacial score (nSPS) is 13.5. The average molecular weight is 295 g/mol. The van der Waals surface area contributed by atoms with Gasteiger partial charge in [0.15, 0.2) is 0 Å². The fourth-order valence-corrected chi connectivity index (χ4v) is 1.80. The summed E-state index contributed by atoms with van der Waals surface area (Å²) < 4.78 is 10.2. The van der Waals surface area contributed by atoms with Crippen molar-refractivity contribution in [3.05, 3.63) is 29.8 Å². The Hall–Kier alpha value is -1.63. The highest BCUT2D eigenvalue weighted by molar-refractivity contribution is 5.89. The van der Waals surface area contributed by atoms with Gasteiger partial charge < -0.3 is 25.4 Å². The van der Waals surface area contributed by atoms with Crippen molar-refractivity contribution in [2.45, 2.75) is 19.1 Å². The second-order valence-corrected chi connectivity index (χ2v) is 4.78. The Morgan fingerprint density at radius 3 is 2.43 bits per heavy atom. The molecular weight excluding hydrogens is 270 g/mol. The van der Waals surface area contributed by atoms with E-state index in [0.29, 0.717) is 13.2 Å². The van der Waals surface area contributed by atoms with E-state index >= 15 is 0 Å². The molecule has 0 fully saturated rings. The van der Waals surface area contributed by atoms with Crippen LogP contribution in [0.3, 0.4) is 0 Å². The number of anilines is 1. The third-order valence-corrected chi connectivity index (χ3v) is 3.28. The topological polar surface area (TPSA) is 71.6 Å². The molecule has 0 saturated carbocycles. The first-order valence-corrected chi connectivity index (χ1v) is 6.94. The number of rotatable bonds is 8. The zero-order valence-electron chi connectivity index (χ0n) is 13.1. The van der Waals surface area contributed by atoms with Crippen LogP contribution in [0, 0.1) is 0 Å². The van der Waals surface area contributed by atoms with Gasteiger partial charge in [-0.2, -0.15) is 0 Å². The zero-order valence-corrected chi connectivity index (χ0v) is 13.1. The van der Waals surface area contributed by atoms with E-state index in [2.05, 4.69) is 22.9 Å². The number of ether oxygens (including phenoxy) is 2. The standard InChI is InChI=1S/C15H25N3O3/c1-11(16-2)12-5-7-13(8-6-12)18-15(19)17-9-14(21-4)10-20-3/h5-8,11,14,16H,9-10H2,1-4H3,(H2,17,18,19). The third kappa shape index (κ3) is 6.12. The molecule has 0 heterocycles. The fourth-order valence-electron chi connectivity index (χ4n) is 1.80. The van der Waals surface area contributed by atoms with Crippen molar-refractivity contribution >= 4 is 11.7 Å². The molecule has 0 saturated heterocycles. The lowest BCUT2D eigenvalue weighted by Crippen LogP contribution is -2.37. The molecule has 0 aromatic heterocycles. The second kappa shape index (κ2) is 9.33. The van der Waals surface area contributed by atoms with Crippen molar-refractivity contribution in [3.63, 3.8) is 0 Å². The van der Waals surface area contributed by atoms with E-state index in [1.54, 1.807) is 14.2 Å². The quantitative estimate of drug-likeness (QED) is 0.683. The van der Waals surface area contributed by atoms with Crippen LogP contribution in [-0.2, 0) is 9.47 Å². The van der Waals surface area contributed by atoms with Gasteiger partial charge in [-0.05, 0) is 31.7 Å². The predicted molar refractivity (Wildman–Crippen MR) is 83.6 cm³/mol. The van der Waals surface area contributed by atoms with Crippen molar-refractivity contribution in [1.29, 1.82) is 0 Å². The molecule has 1 aromatic rings. The zero-order chi connectivity index (χ0) is 15.7. The summed E-state index contributed by atoms with van der Waals surface area (Å²) in [5, 5.41) is 8.70. The number of hydrogen-bond donors (Lipinski definition) is 3. The minimum absolute atomic E-state index is 0.153. The molecule has 3 N–H and O–H groups in total. The highest BCUT2D eigenvalue weighted by atomic mass is 16.5. The molecule has 0 aliphatic heterocycles. The van der Waals surface area contributed by atoms with Gasteiger partial charge in [0.2, 0.25) is 0 Å². The maximum Gasteiger partial charge on any atom is 0.319 e. The summed E-state index contributed by atoms with van der Waals surface area (Å²) in [7, 11) is 5.10. The molecule has 118 valence electrons. The van der Waals surface area contributed by atoms with Crippen LogP contribution in [0.2, 0.25) is 0 Å². The van der Waals surface area contributed by atoms with Gasteiger partial charge >= 0.3 is 6.03 Å². The SMILES string of the molecule is CNC(C)c1ccc(NC(=O)NCC(COC)OC)cc1. The Bertz CT molecular complexity index is 423. The van der Waals surface area contributed by atoms with Gasteiger partial charge in [0.25, 0.3) is 0 Å². The largest absolute Gasteiger partial charge is 0.382 e. The van der Waals surface area contributed by atoms with Crippen LogP contribution >= 0.6 is 0 Å². The van der Waals surface area contributed by atoms with Crippen LogP contribution in [0.1, 0.15) is 18.5 Å². The lowest BCUT2D eigenvalue weighted by molar-refractivity contribution is 0.0307. The number of methoxy groups -OCH3 is 2. The molecule has 0 aliphatic carbocycles. The first-order chi connectivity index (χ1) is 10.1. The molecule has 21 heavy (non-hydrogen) atoms. The van der Waals surface area contributed by atoms with Gasteiger partial charge in [0, 0.05) is 32.5 Å². The first-order valence-electron chi connectivity index (χ1n) is 6.94. The number of urea groups is 1. The Balaban J connectivity index is 2.44. The fraction of sp³-hybridized carbons (Fsp3) is 0.533. The van der Waals surface area contributed by atoms with E-state index in [0.717, 1.165) is 5.69 Å². The van der Waals surface area contributed by atoms with E-state index in [9.17, 15) is 4.79 Å². The summed E-state index contributed by atoms with van der Waals surface area (Å²) in [6.45, 7) is 2.91. The van der Waals surface area contributed by atoms with Crippen LogP contribution in [-0.4, -0.2) is 46.6 Å². The van der Waals surface area contributed by atoms with Gasteiger partial charge in [-0.1, -0.05) is 12.1 Å².